The third-order valence-electron chi connectivity index (χ3n) is 3.90. The minimum absolute atomic E-state index is 0.119. The first kappa shape index (κ1) is 13.8. The van der Waals surface area contributed by atoms with Crippen LogP contribution in [-0.2, 0) is 6.42 Å². The molecule has 2 rings (SSSR count). The second-order valence-electron chi connectivity index (χ2n) is 5.24. The summed E-state index contributed by atoms with van der Waals surface area (Å²) in [4.78, 5) is 0. The SMILES string of the molecule is CCCNCC1CCC1Cc1cc(Cl)ccc1F. The summed E-state index contributed by atoms with van der Waals surface area (Å²) in [5, 5.41) is 4.09. The highest BCUT2D eigenvalue weighted by molar-refractivity contribution is 6.30. The Morgan fingerprint density at radius 3 is 2.78 bits per heavy atom. The van der Waals surface area contributed by atoms with E-state index in [1.165, 1.54) is 25.3 Å². The first-order chi connectivity index (χ1) is 8.70. The van der Waals surface area contributed by atoms with E-state index in [2.05, 4.69) is 12.2 Å². The molecule has 1 aliphatic rings. The summed E-state index contributed by atoms with van der Waals surface area (Å²) in [5.41, 5.74) is 0.771. The normalized spacial score (nSPS) is 22.8. The predicted molar refractivity (Wildman–Crippen MR) is 74.5 cm³/mol. The minimum atomic E-state index is -0.119. The molecule has 0 heterocycles. The van der Waals surface area contributed by atoms with E-state index in [1.807, 2.05) is 0 Å². The van der Waals surface area contributed by atoms with Crippen molar-refractivity contribution in [2.45, 2.75) is 32.6 Å². The van der Waals surface area contributed by atoms with Gasteiger partial charge in [-0.15, -0.1) is 0 Å². The van der Waals surface area contributed by atoms with E-state index < -0.39 is 0 Å². The van der Waals surface area contributed by atoms with Crippen LogP contribution in [0.4, 0.5) is 4.39 Å². The Morgan fingerprint density at radius 1 is 1.33 bits per heavy atom. The summed E-state index contributed by atoms with van der Waals surface area (Å²) in [7, 11) is 0. The molecule has 2 unspecified atom stereocenters. The molecule has 1 aromatic carbocycles. The lowest BCUT2D eigenvalue weighted by Crippen LogP contribution is -2.36. The molecule has 0 aromatic heterocycles. The van der Waals surface area contributed by atoms with Gasteiger partial charge in [-0.25, -0.2) is 4.39 Å². The average molecular weight is 270 g/mol. The number of hydrogen-bond donors (Lipinski definition) is 1. The lowest BCUT2D eigenvalue weighted by Gasteiger charge is -2.37. The van der Waals surface area contributed by atoms with Crippen LogP contribution in [0.15, 0.2) is 18.2 Å². The Kier molecular flexibility index (Phi) is 5.02. The van der Waals surface area contributed by atoms with E-state index in [0.29, 0.717) is 16.9 Å². The van der Waals surface area contributed by atoms with Crippen molar-refractivity contribution < 1.29 is 4.39 Å². The van der Waals surface area contributed by atoms with Gasteiger partial charge in [-0.05, 0) is 74.4 Å². The molecule has 1 aromatic rings. The predicted octanol–water partition coefficient (Wildman–Crippen LogP) is 4.05. The Balaban J connectivity index is 1.87. The van der Waals surface area contributed by atoms with Gasteiger partial charge in [0.1, 0.15) is 5.82 Å². The fourth-order valence-electron chi connectivity index (χ4n) is 2.62. The Morgan fingerprint density at radius 2 is 2.11 bits per heavy atom. The zero-order valence-corrected chi connectivity index (χ0v) is 11.6. The lowest BCUT2D eigenvalue weighted by atomic mass is 9.70. The monoisotopic (exact) mass is 269 g/mol. The molecular formula is C15H21ClFN. The van der Waals surface area contributed by atoms with E-state index in [-0.39, 0.29) is 5.82 Å². The smallest absolute Gasteiger partial charge is 0.126 e. The summed E-state index contributed by atoms with van der Waals surface area (Å²) in [6.45, 7) is 4.32. The molecular weight excluding hydrogens is 249 g/mol. The van der Waals surface area contributed by atoms with Gasteiger partial charge in [0, 0.05) is 5.02 Å². The molecule has 3 heteroatoms. The van der Waals surface area contributed by atoms with Crippen molar-refractivity contribution in [1.29, 1.82) is 0 Å². The first-order valence-corrected chi connectivity index (χ1v) is 7.23. The molecule has 18 heavy (non-hydrogen) atoms. The fraction of sp³-hybridized carbons (Fsp3) is 0.600. The summed E-state index contributed by atoms with van der Waals surface area (Å²) in [5.74, 6) is 1.20. The van der Waals surface area contributed by atoms with Gasteiger partial charge in [-0.2, -0.15) is 0 Å². The van der Waals surface area contributed by atoms with Crippen molar-refractivity contribution in [2.24, 2.45) is 11.8 Å². The van der Waals surface area contributed by atoms with Crippen LogP contribution >= 0.6 is 11.6 Å². The van der Waals surface area contributed by atoms with E-state index in [4.69, 9.17) is 11.6 Å². The fourth-order valence-corrected chi connectivity index (χ4v) is 2.82. The molecule has 100 valence electrons. The number of rotatable bonds is 6. The van der Waals surface area contributed by atoms with Gasteiger partial charge in [0.15, 0.2) is 0 Å². The average Bonchev–Trinajstić information content (AvgIpc) is 2.34. The summed E-state index contributed by atoms with van der Waals surface area (Å²) in [6, 6.07) is 4.86. The molecule has 0 saturated heterocycles. The van der Waals surface area contributed by atoms with Crippen molar-refractivity contribution in [3.05, 3.63) is 34.6 Å². The number of halogens is 2. The van der Waals surface area contributed by atoms with Crippen LogP contribution < -0.4 is 5.32 Å². The van der Waals surface area contributed by atoms with Crippen LogP contribution in [0.2, 0.25) is 5.02 Å². The standard InChI is InChI=1S/C15H21ClFN/c1-2-7-18-10-12-4-3-11(12)8-13-9-14(16)5-6-15(13)17/h5-6,9,11-12,18H,2-4,7-8,10H2,1H3. The Labute approximate surface area is 114 Å². The van der Waals surface area contributed by atoms with Gasteiger partial charge in [-0.3, -0.25) is 0 Å². The molecule has 1 fully saturated rings. The Hall–Kier alpha value is -0.600. The van der Waals surface area contributed by atoms with Crippen LogP contribution in [0, 0.1) is 17.7 Å². The lowest BCUT2D eigenvalue weighted by molar-refractivity contribution is 0.170. The van der Waals surface area contributed by atoms with Crippen LogP contribution in [0.1, 0.15) is 31.7 Å². The zero-order valence-electron chi connectivity index (χ0n) is 10.9. The molecule has 0 spiro atoms. The van der Waals surface area contributed by atoms with Gasteiger partial charge in [0.2, 0.25) is 0 Å². The van der Waals surface area contributed by atoms with E-state index in [0.717, 1.165) is 25.1 Å². The summed E-state index contributed by atoms with van der Waals surface area (Å²) < 4.78 is 13.6. The van der Waals surface area contributed by atoms with Crippen molar-refractivity contribution in [3.63, 3.8) is 0 Å². The summed E-state index contributed by atoms with van der Waals surface area (Å²) in [6.07, 6.45) is 4.47. The quantitative estimate of drug-likeness (QED) is 0.769. The van der Waals surface area contributed by atoms with Crippen LogP contribution in [0.5, 0.6) is 0 Å². The second-order valence-corrected chi connectivity index (χ2v) is 5.68. The number of nitrogens with one attached hydrogen (secondary N) is 1. The van der Waals surface area contributed by atoms with Gasteiger partial charge in [-0.1, -0.05) is 18.5 Å². The highest BCUT2D eigenvalue weighted by Crippen LogP contribution is 2.37. The van der Waals surface area contributed by atoms with Crippen molar-refractivity contribution in [2.75, 3.05) is 13.1 Å². The van der Waals surface area contributed by atoms with Crippen LogP contribution in [0.25, 0.3) is 0 Å². The third-order valence-corrected chi connectivity index (χ3v) is 4.13. The molecule has 0 amide bonds. The summed E-state index contributed by atoms with van der Waals surface area (Å²) >= 11 is 5.92. The van der Waals surface area contributed by atoms with E-state index in [1.54, 1.807) is 12.1 Å². The van der Waals surface area contributed by atoms with Gasteiger partial charge in [0.05, 0.1) is 0 Å². The third kappa shape index (κ3) is 3.46. The van der Waals surface area contributed by atoms with Crippen molar-refractivity contribution in [1.82, 2.24) is 5.32 Å². The van der Waals surface area contributed by atoms with Crippen molar-refractivity contribution >= 4 is 11.6 Å². The number of benzene rings is 1. The van der Waals surface area contributed by atoms with Crippen LogP contribution in [0.3, 0.4) is 0 Å². The molecule has 1 nitrogen and oxygen atoms in total. The maximum atomic E-state index is 13.6. The highest BCUT2D eigenvalue weighted by atomic mass is 35.5. The molecule has 2 atom stereocenters. The molecule has 1 aliphatic carbocycles. The Bertz CT molecular complexity index is 394. The van der Waals surface area contributed by atoms with Gasteiger partial charge >= 0.3 is 0 Å². The maximum Gasteiger partial charge on any atom is 0.126 e. The highest BCUT2D eigenvalue weighted by Gasteiger charge is 2.30. The number of hydrogen-bond acceptors (Lipinski definition) is 1. The molecule has 0 aliphatic heterocycles. The zero-order chi connectivity index (χ0) is 13.0. The second kappa shape index (κ2) is 6.53. The first-order valence-electron chi connectivity index (χ1n) is 6.85. The van der Waals surface area contributed by atoms with Crippen LogP contribution in [-0.4, -0.2) is 13.1 Å². The largest absolute Gasteiger partial charge is 0.316 e. The van der Waals surface area contributed by atoms with E-state index in [9.17, 15) is 4.39 Å². The van der Waals surface area contributed by atoms with Gasteiger partial charge < -0.3 is 5.32 Å². The van der Waals surface area contributed by atoms with E-state index >= 15 is 0 Å². The molecule has 1 N–H and O–H groups in total. The topological polar surface area (TPSA) is 12.0 Å². The van der Waals surface area contributed by atoms with Gasteiger partial charge in [0.25, 0.3) is 0 Å². The molecule has 1 saturated carbocycles. The van der Waals surface area contributed by atoms with Crippen molar-refractivity contribution in [3.8, 4) is 0 Å². The molecule has 0 radical (unpaired) electrons. The minimum Gasteiger partial charge on any atom is -0.316 e. The molecule has 0 bridgehead atoms. The maximum absolute atomic E-state index is 13.6.